The fourth-order valence-electron chi connectivity index (χ4n) is 0. The van der Waals surface area contributed by atoms with Crippen LogP contribution in [0, 0.1) is 0 Å². The molecule has 0 aromatic carbocycles. The molecule has 37 valence electrons. The first-order valence-corrected chi connectivity index (χ1v) is 1.32. The van der Waals surface area contributed by atoms with Gasteiger partial charge in [0.25, 0.3) is 0 Å². The molecule has 0 amide bonds. The molecule has 0 rings (SSSR count). The normalized spacial score (nSPS) is 4.29. The van der Waals surface area contributed by atoms with Gasteiger partial charge in [-0.05, 0) is 0 Å². The van der Waals surface area contributed by atoms with Gasteiger partial charge in [0.15, 0.2) is 0 Å². The Morgan fingerprint density at radius 3 is 1.00 bits per heavy atom. The second-order valence-electron chi connectivity index (χ2n) is 0.577. The molecule has 2 nitrogen and oxygen atoms in total. The third-order valence-corrected chi connectivity index (χ3v) is 0.167. The number of nitrogens with two attached hydrogens (primary N) is 2. The zero-order valence-electron chi connectivity index (χ0n) is 2.95. The second-order valence-corrected chi connectivity index (χ2v) is 0.577. The van der Waals surface area contributed by atoms with Crippen LogP contribution in [0.4, 0.5) is 0 Å². The van der Waals surface area contributed by atoms with Gasteiger partial charge in [0.05, 0.1) is 0 Å². The zero-order chi connectivity index (χ0) is 3.41. The van der Waals surface area contributed by atoms with Crippen molar-refractivity contribution in [1.82, 2.24) is 0 Å². The van der Waals surface area contributed by atoms with Crippen LogP contribution >= 0.6 is 0 Å². The molecule has 0 spiro atoms. The van der Waals surface area contributed by atoms with E-state index >= 15 is 0 Å². The summed E-state index contributed by atoms with van der Waals surface area (Å²) in [4.78, 5) is 0. The standard InChI is InChI=1S/C2H8N2.Mn.2Na.2H/c3-1-2-4;;;;;/h1-4H2;;;;;. The van der Waals surface area contributed by atoms with Gasteiger partial charge in [-0.1, -0.05) is 0 Å². The summed E-state index contributed by atoms with van der Waals surface area (Å²) in [5.74, 6) is 0. The van der Waals surface area contributed by atoms with Gasteiger partial charge in [0.2, 0.25) is 0 Å². The Labute approximate surface area is 99.2 Å². The minimum absolute atomic E-state index is 0. The number of hydrogen-bond acceptors (Lipinski definition) is 2. The van der Waals surface area contributed by atoms with E-state index in [2.05, 4.69) is 0 Å². The average Bonchev–Trinajstić information content (AvgIpc) is 1.37. The zero-order valence-corrected chi connectivity index (χ0v) is 4.13. The molecule has 0 heterocycles. The number of rotatable bonds is 1. The van der Waals surface area contributed by atoms with Crippen molar-refractivity contribution in [3.05, 3.63) is 0 Å². The maximum atomic E-state index is 4.90. The van der Waals surface area contributed by atoms with Crippen LogP contribution in [-0.4, -0.2) is 72.2 Å². The first-order chi connectivity index (χ1) is 1.91. The molecule has 0 aromatic rings. The van der Waals surface area contributed by atoms with Gasteiger partial charge in [-0.25, -0.2) is 0 Å². The quantitative estimate of drug-likeness (QED) is 0.423. The van der Waals surface area contributed by atoms with Crippen molar-refractivity contribution >= 4 is 59.1 Å². The Balaban J connectivity index is -0.0000000150. The van der Waals surface area contributed by atoms with Crippen LogP contribution in [0.15, 0.2) is 0 Å². The molecular formula is C2H10MnN2Na2. The molecule has 0 aliphatic heterocycles. The molecule has 0 unspecified atom stereocenters. The van der Waals surface area contributed by atoms with Crippen LogP contribution in [0.5, 0.6) is 0 Å². The summed E-state index contributed by atoms with van der Waals surface area (Å²) in [5, 5.41) is 0. The molecule has 0 bridgehead atoms. The molecule has 0 aromatic heterocycles. The Kier molecular flexibility index (Phi) is 76.9. The van der Waals surface area contributed by atoms with Crippen LogP contribution in [-0.2, 0) is 17.1 Å². The first kappa shape index (κ1) is 22.7. The summed E-state index contributed by atoms with van der Waals surface area (Å²) < 4.78 is 0. The van der Waals surface area contributed by atoms with E-state index in [9.17, 15) is 0 Å². The Hall–Kier alpha value is 2.44. The van der Waals surface area contributed by atoms with Gasteiger partial charge in [-0.3, -0.25) is 0 Å². The van der Waals surface area contributed by atoms with Gasteiger partial charge >= 0.3 is 59.1 Å². The Morgan fingerprint density at radius 2 is 1.00 bits per heavy atom. The van der Waals surface area contributed by atoms with E-state index in [1.807, 2.05) is 0 Å². The minimum atomic E-state index is 0. The van der Waals surface area contributed by atoms with Crippen molar-refractivity contribution in [2.24, 2.45) is 11.5 Å². The molecule has 4 N–H and O–H groups in total. The fourth-order valence-corrected chi connectivity index (χ4v) is 0. The van der Waals surface area contributed by atoms with Crippen LogP contribution in [0.25, 0.3) is 0 Å². The molecule has 1 radical (unpaired) electrons. The van der Waals surface area contributed by atoms with Crippen LogP contribution < -0.4 is 11.5 Å². The van der Waals surface area contributed by atoms with E-state index in [0.29, 0.717) is 13.1 Å². The topological polar surface area (TPSA) is 52.0 Å². The van der Waals surface area contributed by atoms with E-state index in [4.69, 9.17) is 11.5 Å². The van der Waals surface area contributed by atoms with Gasteiger partial charge < -0.3 is 11.5 Å². The van der Waals surface area contributed by atoms with Crippen LogP contribution in [0.3, 0.4) is 0 Å². The van der Waals surface area contributed by atoms with Gasteiger partial charge in [-0.2, -0.15) is 0 Å². The molecular weight excluding hydrogens is 153 g/mol. The summed E-state index contributed by atoms with van der Waals surface area (Å²) in [7, 11) is 0. The van der Waals surface area contributed by atoms with Crippen LogP contribution in [0.2, 0.25) is 0 Å². The predicted octanol–water partition coefficient (Wildman–Crippen LogP) is -2.40. The first-order valence-electron chi connectivity index (χ1n) is 1.32. The average molecular weight is 163 g/mol. The summed E-state index contributed by atoms with van der Waals surface area (Å²) in [6.07, 6.45) is 0. The molecule has 0 saturated heterocycles. The van der Waals surface area contributed by atoms with E-state index in [1.165, 1.54) is 0 Å². The van der Waals surface area contributed by atoms with Crippen molar-refractivity contribution in [2.75, 3.05) is 13.1 Å². The van der Waals surface area contributed by atoms with Crippen molar-refractivity contribution in [3.63, 3.8) is 0 Å². The van der Waals surface area contributed by atoms with E-state index in [-0.39, 0.29) is 76.2 Å². The third kappa shape index (κ3) is 29.6. The van der Waals surface area contributed by atoms with Crippen molar-refractivity contribution in [1.29, 1.82) is 0 Å². The third-order valence-electron chi connectivity index (χ3n) is 0.167. The van der Waals surface area contributed by atoms with Crippen LogP contribution in [0.1, 0.15) is 0 Å². The van der Waals surface area contributed by atoms with Gasteiger partial charge in [0, 0.05) is 30.2 Å². The molecule has 0 aliphatic carbocycles. The molecule has 0 atom stereocenters. The summed E-state index contributed by atoms with van der Waals surface area (Å²) in [6, 6.07) is 0. The Morgan fingerprint density at radius 1 is 0.857 bits per heavy atom. The molecule has 0 aliphatic rings. The molecule has 0 saturated carbocycles. The molecule has 0 fully saturated rings. The number of hydrogen-bond donors (Lipinski definition) is 2. The second kappa shape index (κ2) is 23.7. The predicted molar refractivity (Wildman–Crippen MR) is 32.4 cm³/mol. The monoisotopic (exact) mass is 163 g/mol. The molecule has 7 heavy (non-hydrogen) atoms. The van der Waals surface area contributed by atoms with E-state index in [0.717, 1.165) is 0 Å². The van der Waals surface area contributed by atoms with E-state index in [1.54, 1.807) is 0 Å². The van der Waals surface area contributed by atoms with E-state index < -0.39 is 0 Å². The van der Waals surface area contributed by atoms with Crippen molar-refractivity contribution in [2.45, 2.75) is 0 Å². The van der Waals surface area contributed by atoms with Crippen molar-refractivity contribution < 1.29 is 17.1 Å². The maximum absolute atomic E-state index is 4.90. The SMILES string of the molecule is NCCN.[Mn].[NaH].[NaH]. The summed E-state index contributed by atoms with van der Waals surface area (Å²) in [6.45, 7) is 1.19. The van der Waals surface area contributed by atoms with Crippen molar-refractivity contribution in [3.8, 4) is 0 Å². The summed E-state index contributed by atoms with van der Waals surface area (Å²) >= 11 is 0. The van der Waals surface area contributed by atoms with Gasteiger partial charge in [0.1, 0.15) is 0 Å². The fraction of sp³-hybridized carbons (Fsp3) is 1.00. The van der Waals surface area contributed by atoms with Gasteiger partial charge in [-0.15, -0.1) is 0 Å². The molecule has 5 heteroatoms. The summed E-state index contributed by atoms with van der Waals surface area (Å²) in [5.41, 5.74) is 9.81. The Bertz CT molecular complexity index is 15.7.